The third-order valence-corrected chi connectivity index (χ3v) is 5.67. The van der Waals surface area contributed by atoms with Crippen LogP contribution >= 0.6 is 0 Å². The molecular weight excluding hydrogens is 392 g/mol. The molecule has 0 unspecified atom stereocenters. The number of hydrogen-bond acceptors (Lipinski definition) is 5. The van der Waals surface area contributed by atoms with E-state index in [4.69, 9.17) is 0 Å². The van der Waals surface area contributed by atoms with Gasteiger partial charge in [0.15, 0.2) is 0 Å². The van der Waals surface area contributed by atoms with Crippen molar-refractivity contribution in [2.24, 2.45) is 0 Å². The number of piperazine rings is 1. The number of anilines is 2. The molecule has 2 aliphatic rings. The molecule has 4 rings (SSSR count). The van der Waals surface area contributed by atoms with Crippen molar-refractivity contribution >= 4 is 34.7 Å². The van der Waals surface area contributed by atoms with Crippen LogP contribution in [0.15, 0.2) is 54.2 Å². The molecule has 0 bridgehead atoms. The van der Waals surface area contributed by atoms with Gasteiger partial charge in [-0.1, -0.05) is 29.8 Å². The molecule has 0 saturated carbocycles. The number of carbonyl (C=O) groups excluding carboxylic acids is 3. The predicted octanol–water partition coefficient (Wildman–Crippen LogP) is 2.49. The van der Waals surface area contributed by atoms with Crippen LogP contribution < -0.4 is 10.2 Å². The maximum Gasteiger partial charge on any atom is 0.282 e. The molecule has 0 radical (unpaired) electrons. The first kappa shape index (κ1) is 20.8. The van der Waals surface area contributed by atoms with Gasteiger partial charge in [-0.05, 0) is 43.8 Å². The van der Waals surface area contributed by atoms with E-state index in [0.29, 0.717) is 35.7 Å². The van der Waals surface area contributed by atoms with Gasteiger partial charge < -0.3 is 15.1 Å². The Hall–Kier alpha value is -3.45. The Labute approximate surface area is 181 Å². The number of rotatable bonds is 4. The monoisotopic (exact) mass is 418 g/mol. The highest BCUT2D eigenvalue weighted by Crippen LogP contribution is 2.35. The van der Waals surface area contributed by atoms with Crippen molar-refractivity contribution in [3.8, 4) is 0 Å². The molecular formula is C24H26N4O3. The summed E-state index contributed by atoms with van der Waals surface area (Å²) in [7, 11) is 2.05. The van der Waals surface area contributed by atoms with E-state index in [2.05, 4.69) is 17.3 Å². The molecule has 2 aromatic carbocycles. The summed E-state index contributed by atoms with van der Waals surface area (Å²) in [6.07, 6.45) is 0. The summed E-state index contributed by atoms with van der Waals surface area (Å²) >= 11 is 0. The molecule has 160 valence electrons. The van der Waals surface area contributed by atoms with E-state index in [-0.39, 0.29) is 17.7 Å². The molecule has 1 fully saturated rings. The fourth-order valence-electron chi connectivity index (χ4n) is 3.95. The van der Waals surface area contributed by atoms with Crippen LogP contribution in [0.4, 0.5) is 11.4 Å². The summed E-state index contributed by atoms with van der Waals surface area (Å²) in [5, 5.41) is 2.70. The van der Waals surface area contributed by atoms with Gasteiger partial charge in [0.2, 0.25) is 5.91 Å². The van der Waals surface area contributed by atoms with Crippen molar-refractivity contribution < 1.29 is 14.4 Å². The average molecular weight is 418 g/mol. The maximum atomic E-state index is 13.5. The van der Waals surface area contributed by atoms with Gasteiger partial charge in [0.1, 0.15) is 5.70 Å². The van der Waals surface area contributed by atoms with E-state index in [9.17, 15) is 14.4 Å². The molecule has 2 aliphatic heterocycles. The van der Waals surface area contributed by atoms with Gasteiger partial charge in [-0.25, -0.2) is 4.90 Å². The average Bonchev–Trinajstić information content (AvgIpc) is 3.00. The molecule has 7 nitrogen and oxygen atoms in total. The summed E-state index contributed by atoms with van der Waals surface area (Å²) in [5.41, 5.74) is 3.84. The molecule has 31 heavy (non-hydrogen) atoms. The zero-order valence-electron chi connectivity index (χ0n) is 18.0. The van der Waals surface area contributed by atoms with Crippen molar-refractivity contribution in [1.29, 1.82) is 0 Å². The standard InChI is InChI=1S/C24H26N4O3/c1-16-4-6-18(7-5-16)21-22(27-14-12-26(3)13-15-27)24(31)28(23(21)30)20-10-8-19(9-11-20)25-17(2)29/h4-11H,12-15H2,1-3H3,(H,25,29). The minimum absolute atomic E-state index is 0.179. The highest BCUT2D eigenvalue weighted by molar-refractivity contribution is 6.45. The number of hydrogen-bond donors (Lipinski definition) is 1. The van der Waals surface area contributed by atoms with Crippen LogP contribution in [-0.2, 0) is 14.4 Å². The Bertz CT molecular complexity index is 1050. The van der Waals surface area contributed by atoms with E-state index >= 15 is 0 Å². The Morgan fingerprint density at radius 1 is 0.871 bits per heavy atom. The first-order valence-electron chi connectivity index (χ1n) is 10.4. The highest BCUT2D eigenvalue weighted by atomic mass is 16.2. The largest absolute Gasteiger partial charge is 0.364 e. The molecule has 3 amide bonds. The van der Waals surface area contributed by atoms with Crippen molar-refractivity contribution in [3.63, 3.8) is 0 Å². The zero-order chi connectivity index (χ0) is 22.1. The van der Waals surface area contributed by atoms with Gasteiger partial charge >= 0.3 is 0 Å². The lowest BCUT2D eigenvalue weighted by atomic mass is 10.0. The van der Waals surface area contributed by atoms with Crippen molar-refractivity contribution in [2.75, 3.05) is 43.4 Å². The molecule has 0 atom stereocenters. The molecule has 1 saturated heterocycles. The van der Waals surface area contributed by atoms with Gasteiger partial charge in [-0.2, -0.15) is 0 Å². The third kappa shape index (κ3) is 4.09. The topological polar surface area (TPSA) is 73.0 Å². The lowest BCUT2D eigenvalue weighted by Crippen LogP contribution is -2.46. The Morgan fingerprint density at radius 3 is 2.06 bits per heavy atom. The lowest BCUT2D eigenvalue weighted by molar-refractivity contribution is -0.121. The van der Waals surface area contributed by atoms with Crippen molar-refractivity contribution in [1.82, 2.24) is 9.80 Å². The van der Waals surface area contributed by atoms with Crippen LogP contribution in [0, 0.1) is 6.92 Å². The fourth-order valence-corrected chi connectivity index (χ4v) is 3.95. The van der Waals surface area contributed by atoms with Gasteiger partial charge in [-0.15, -0.1) is 0 Å². The number of nitrogens with zero attached hydrogens (tertiary/aromatic N) is 3. The van der Waals surface area contributed by atoms with Crippen LogP contribution in [-0.4, -0.2) is 60.7 Å². The second kappa shape index (κ2) is 8.35. The number of imide groups is 1. The predicted molar refractivity (Wildman–Crippen MR) is 120 cm³/mol. The fraction of sp³-hybridized carbons (Fsp3) is 0.292. The number of likely N-dealkylation sites (N-methyl/N-ethyl adjacent to an activating group) is 1. The number of aryl methyl sites for hydroxylation is 1. The Morgan fingerprint density at radius 2 is 1.48 bits per heavy atom. The molecule has 2 heterocycles. The molecule has 2 aromatic rings. The molecule has 0 aliphatic carbocycles. The number of amides is 3. The van der Waals surface area contributed by atoms with E-state index in [1.807, 2.05) is 36.1 Å². The number of benzene rings is 2. The highest BCUT2D eigenvalue weighted by Gasteiger charge is 2.42. The van der Waals surface area contributed by atoms with Crippen LogP contribution in [0.1, 0.15) is 18.1 Å². The van der Waals surface area contributed by atoms with E-state index < -0.39 is 0 Å². The quantitative estimate of drug-likeness (QED) is 0.773. The number of carbonyl (C=O) groups is 3. The minimum Gasteiger partial charge on any atom is -0.364 e. The van der Waals surface area contributed by atoms with E-state index in [1.165, 1.54) is 11.8 Å². The summed E-state index contributed by atoms with van der Waals surface area (Å²) in [6, 6.07) is 14.4. The number of nitrogens with one attached hydrogen (secondary N) is 1. The summed E-state index contributed by atoms with van der Waals surface area (Å²) in [4.78, 5) is 43.8. The molecule has 7 heteroatoms. The van der Waals surface area contributed by atoms with Gasteiger partial charge in [0.25, 0.3) is 11.8 Å². The van der Waals surface area contributed by atoms with Crippen LogP contribution in [0.25, 0.3) is 5.57 Å². The second-order valence-corrected chi connectivity index (χ2v) is 8.05. The van der Waals surface area contributed by atoms with Crippen molar-refractivity contribution in [2.45, 2.75) is 13.8 Å². The van der Waals surface area contributed by atoms with Gasteiger partial charge in [-0.3, -0.25) is 14.4 Å². The second-order valence-electron chi connectivity index (χ2n) is 8.05. The molecule has 0 aromatic heterocycles. The smallest absolute Gasteiger partial charge is 0.282 e. The summed E-state index contributed by atoms with van der Waals surface area (Å²) < 4.78 is 0. The van der Waals surface area contributed by atoms with Crippen molar-refractivity contribution in [3.05, 3.63) is 65.4 Å². The van der Waals surface area contributed by atoms with Crippen LogP contribution in [0.2, 0.25) is 0 Å². The first-order chi connectivity index (χ1) is 14.8. The summed E-state index contributed by atoms with van der Waals surface area (Å²) in [6.45, 7) is 6.46. The lowest BCUT2D eigenvalue weighted by Gasteiger charge is -2.34. The van der Waals surface area contributed by atoms with Crippen LogP contribution in [0.3, 0.4) is 0 Å². The zero-order valence-corrected chi connectivity index (χ0v) is 18.0. The minimum atomic E-state index is -0.324. The normalized spacial score (nSPS) is 17.5. The van der Waals surface area contributed by atoms with Gasteiger partial charge in [0.05, 0.1) is 11.3 Å². The molecule has 1 N–H and O–H groups in total. The third-order valence-electron chi connectivity index (χ3n) is 5.67. The van der Waals surface area contributed by atoms with Gasteiger partial charge in [0, 0.05) is 38.8 Å². The Kier molecular flexibility index (Phi) is 5.61. The van der Waals surface area contributed by atoms with E-state index in [1.54, 1.807) is 24.3 Å². The Balaban J connectivity index is 1.73. The van der Waals surface area contributed by atoms with Crippen LogP contribution in [0.5, 0.6) is 0 Å². The summed E-state index contributed by atoms with van der Waals surface area (Å²) in [5.74, 6) is -0.811. The van der Waals surface area contributed by atoms with E-state index in [0.717, 1.165) is 24.2 Å². The SMILES string of the molecule is CC(=O)Nc1ccc(N2C(=O)C(c3ccc(C)cc3)=C(N3CCN(C)CC3)C2=O)cc1. The molecule has 0 spiro atoms. The first-order valence-corrected chi connectivity index (χ1v) is 10.4. The maximum absolute atomic E-state index is 13.5.